The molecule has 1 saturated carbocycles. The zero-order chi connectivity index (χ0) is 15.1. The number of fused-ring (bicyclic) bond motifs is 1. The van der Waals surface area contributed by atoms with Crippen LogP contribution in [-0.2, 0) is 14.2 Å². The van der Waals surface area contributed by atoms with Gasteiger partial charge in [-0.2, -0.15) is 0 Å². The third-order valence-corrected chi connectivity index (χ3v) is 4.81. The van der Waals surface area contributed by atoms with E-state index in [1.807, 2.05) is 20.8 Å². The van der Waals surface area contributed by atoms with E-state index < -0.39 is 11.2 Å². The summed E-state index contributed by atoms with van der Waals surface area (Å²) in [4.78, 5) is 11.7. The Morgan fingerprint density at radius 3 is 2.55 bits per heavy atom. The summed E-state index contributed by atoms with van der Waals surface area (Å²) in [5.74, 6) is 0.771. The Hall–Kier alpha value is -0.805. The number of rotatable bonds is 6. The van der Waals surface area contributed by atoms with Gasteiger partial charge < -0.3 is 14.5 Å². The van der Waals surface area contributed by atoms with E-state index in [1.165, 1.54) is 5.47 Å². The number of carbonyl (C=O) groups is 1. The highest BCUT2D eigenvalue weighted by Crippen LogP contribution is 2.56. The molecule has 0 amide bonds. The molecule has 0 aromatic heterocycles. The quantitative estimate of drug-likeness (QED) is 0.593. The number of carbonyl (C=O) groups excluding carboxylic acids is 1. The van der Waals surface area contributed by atoms with Gasteiger partial charge in [0.25, 0.3) is 0 Å². The molecule has 2 aliphatic rings. The number of aliphatic hydroxyl groups is 1. The second-order valence-corrected chi connectivity index (χ2v) is 6.91. The lowest BCUT2D eigenvalue weighted by Crippen LogP contribution is -2.48. The molecular formula is C15H25BO4. The van der Waals surface area contributed by atoms with Gasteiger partial charge in [-0.15, -0.1) is 0 Å². The van der Waals surface area contributed by atoms with Crippen LogP contribution in [0.25, 0.3) is 0 Å². The van der Waals surface area contributed by atoms with E-state index in [0.717, 1.165) is 6.42 Å². The maximum atomic E-state index is 11.7. The highest BCUT2D eigenvalue weighted by atomic mass is 16.5. The Labute approximate surface area is 121 Å². The van der Waals surface area contributed by atoms with Gasteiger partial charge in [0.15, 0.2) is 0 Å². The lowest BCUT2D eigenvalue weighted by molar-refractivity contribution is -0.145. The standard InChI is InChI=1S/C15H25BO4/c1-6-19-13(17)12-10-7-9(8-11(10)12)16-20-15(4,5)14(2,3)18/h7,10-12,16,18H,6,8H2,1-5H3. The maximum absolute atomic E-state index is 11.7. The van der Waals surface area contributed by atoms with Crippen LogP contribution < -0.4 is 0 Å². The first-order valence-corrected chi connectivity index (χ1v) is 7.40. The predicted octanol–water partition coefficient (Wildman–Crippen LogP) is 1.62. The lowest BCUT2D eigenvalue weighted by atomic mass is 9.80. The van der Waals surface area contributed by atoms with Crippen LogP contribution in [0.4, 0.5) is 0 Å². The van der Waals surface area contributed by atoms with E-state index in [2.05, 4.69) is 6.08 Å². The van der Waals surface area contributed by atoms with Crippen molar-refractivity contribution in [3.8, 4) is 0 Å². The second-order valence-electron chi connectivity index (χ2n) is 6.91. The number of ether oxygens (including phenoxy) is 1. The van der Waals surface area contributed by atoms with Crippen molar-refractivity contribution in [2.45, 2.75) is 52.2 Å². The molecule has 0 bridgehead atoms. The van der Waals surface area contributed by atoms with Gasteiger partial charge in [-0.05, 0) is 52.9 Å². The molecule has 0 spiro atoms. The summed E-state index contributed by atoms with van der Waals surface area (Å²) in [5, 5.41) is 10.0. The Morgan fingerprint density at radius 2 is 2.10 bits per heavy atom. The molecule has 112 valence electrons. The van der Waals surface area contributed by atoms with E-state index in [9.17, 15) is 9.90 Å². The summed E-state index contributed by atoms with van der Waals surface area (Å²) in [6.07, 6.45) is 3.07. The first-order chi connectivity index (χ1) is 9.17. The molecule has 0 aromatic carbocycles. The summed E-state index contributed by atoms with van der Waals surface area (Å²) in [5.41, 5.74) is -0.248. The fraction of sp³-hybridized carbons (Fsp3) is 0.800. The molecule has 5 heteroatoms. The zero-order valence-electron chi connectivity index (χ0n) is 13.1. The summed E-state index contributed by atoms with van der Waals surface area (Å²) in [7, 11) is 0.527. The monoisotopic (exact) mass is 280 g/mol. The van der Waals surface area contributed by atoms with Crippen molar-refractivity contribution in [2.75, 3.05) is 6.61 Å². The molecule has 2 aliphatic carbocycles. The van der Waals surface area contributed by atoms with E-state index in [4.69, 9.17) is 9.39 Å². The molecular weight excluding hydrogens is 255 g/mol. The van der Waals surface area contributed by atoms with Gasteiger partial charge in [0.05, 0.1) is 23.7 Å². The minimum atomic E-state index is -0.886. The van der Waals surface area contributed by atoms with Crippen LogP contribution in [0.5, 0.6) is 0 Å². The number of esters is 1. The lowest BCUT2D eigenvalue weighted by Gasteiger charge is -2.37. The highest BCUT2D eigenvalue weighted by molar-refractivity contribution is 6.38. The van der Waals surface area contributed by atoms with Crippen LogP contribution in [0.3, 0.4) is 0 Å². The molecule has 0 aromatic rings. The normalized spacial score (nSPS) is 28.7. The van der Waals surface area contributed by atoms with Gasteiger partial charge in [-0.25, -0.2) is 0 Å². The second kappa shape index (κ2) is 5.19. The fourth-order valence-corrected chi connectivity index (χ4v) is 2.66. The Kier molecular flexibility index (Phi) is 4.04. The van der Waals surface area contributed by atoms with Crippen molar-refractivity contribution in [3.05, 3.63) is 11.5 Å². The van der Waals surface area contributed by atoms with Crippen LogP contribution >= 0.6 is 0 Å². The summed E-state index contributed by atoms with van der Waals surface area (Å²) >= 11 is 0. The van der Waals surface area contributed by atoms with E-state index >= 15 is 0 Å². The molecule has 0 aliphatic heterocycles. The number of allylic oxidation sites excluding steroid dienone is 2. The largest absolute Gasteiger partial charge is 0.466 e. The Bertz CT molecular complexity index is 422. The highest BCUT2D eigenvalue weighted by Gasteiger charge is 2.57. The first kappa shape index (κ1) is 15.6. The third-order valence-electron chi connectivity index (χ3n) is 4.81. The molecule has 0 saturated heterocycles. The van der Waals surface area contributed by atoms with Crippen molar-refractivity contribution >= 4 is 13.5 Å². The first-order valence-electron chi connectivity index (χ1n) is 7.40. The molecule has 20 heavy (non-hydrogen) atoms. The number of hydrogen-bond acceptors (Lipinski definition) is 4. The predicted molar refractivity (Wildman–Crippen MR) is 78.4 cm³/mol. The topological polar surface area (TPSA) is 55.8 Å². The van der Waals surface area contributed by atoms with Gasteiger partial charge in [0.2, 0.25) is 0 Å². The third kappa shape index (κ3) is 2.94. The van der Waals surface area contributed by atoms with E-state index in [-0.39, 0.29) is 11.9 Å². The SMILES string of the molecule is CCOC(=O)C1C2C=C(BOC(C)(C)C(C)(C)O)CC21. The van der Waals surface area contributed by atoms with Gasteiger partial charge in [0.1, 0.15) is 0 Å². The van der Waals surface area contributed by atoms with Gasteiger partial charge in [0, 0.05) is 0 Å². The molecule has 3 unspecified atom stereocenters. The van der Waals surface area contributed by atoms with Crippen molar-refractivity contribution in [1.29, 1.82) is 0 Å². The molecule has 4 nitrogen and oxygen atoms in total. The van der Waals surface area contributed by atoms with Crippen LogP contribution in [0.2, 0.25) is 0 Å². The molecule has 1 fully saturated rings. The smallest absolute Gasteiger partial charge is 0.309 e. The molecule has 2 rings (SSSR count). The summed E-state index contributed by atoms with van der Waals surface area (Å²) in [6, 6.07) is 0. The maximum Gasteiger partial charge on any atom is 0.309 e. The van der Waals surface area contributed by atoms with Crippen molar-refractivity contribution in [1.82, 2.24) is 0 Å². The minimum Gasteiger partial charge on any atom is -0.466 e. The average Bonchev–Trinajstić information content (AvgIpc) is 2.82. The van der Waals surface area contributed by atoms with Gasteiger partial charge in [-0.3, -0.25) is 4.79 Å². The molecule has 0 heterocycles. The molecule has 0 radical (unpaired) electrons. The zero-order valence-corrected chi connectivity index (χ0v) is 13.1. The van der Waals surface area contributed by atoms with Crippen molar-refractivity contribution in [3.63, 3.8) is 0 Å². The van der Waals surface area contributed by atoms with Crippen molar-refractivity contribution < 1.29 is 19.3 Å². The Morgan fingerprint density at radius 1 is 1.45 bits per heavy atom. The fourth-order valence-electron chi connectivity index (χ4n) is 2.66. The summed E-state index contributed by atoms with van der Waals surface area (Å²) in [6.45, 7) is 9.59. The van der Waals surface area contributed by atoms with Crippen molar-refractivity contribution in [2.24, 2.45) is 17.8 Å². The molecule has 1 N–H and O–H groups in total. The van der Waals surface area contributed by atoms with E-state index in [1.54, 1.807) is 13.8 Å². The van der Waals surface area contributed by atoms with Gasteiger partial charge in [-0.1, -0.05) is 11.5 Å². The van der Waals surface area contributed by atoms with E-state index in [0.29, 0.717) is 25.9 Å². The minimum absolute atomic E-state index is 0.0597. The average molecular weight is 280 g/mol. The number of hydrogen-bond donors (Lipinski definition) is 1. The Balaban J connectivity index is 1.83. The van der Waals surface area contributed by atoms with Crippen LogP contribution in [-0.4, -0.2) is 36.4 Å². The summed E-state index contributed by atoms with van der Waals surface area (Å²) < 4.78 is 10.9. The molecule has 3 atom stereocenters. The van der Waals surface area contributed by atoms with Crippen LogP contribution in [0.15, 0.2) is 11.5 Å². The van der Waals surface area contributed by atoms with Gasteiger partial charge >= 0.3 is 13.5 Å². The van der Waals surface area contributed by atoms with Crippen LogP contribution in [0, 0.1) is 17.8 Å². The van der Waals surface area contributed by atoms with Crippen LogP contribution in [0.1, 0.15) is 41.0 Å².